The van der Waals surface area contributed by atoms with Gasteiger partial charge in [-0.25, -0.2) is 5.48 Å². The van der Waals surface area contributed by atoms with Gasteiger partial charge in [0.05, 0.1) is 0 Å². The molecule has 32 heavy (non-hydrogen) atoms. The van der Waals surface area contributed by atoms with Crippen LogP contribution in [0.1, 0.15) is 40.9 Å². The minimum Gasteiger partial charge on any atom is -0.385 e. The fourth-order valence-corrected chi connectivity index (χ4v) is 2.68. The Balaban J connectivity index is 0.00000512. The number of carbonyl (C=O) groups excluding carboxylic acids is 2. The number of nitrogens with two attached hydrogens (primary N) is 1. The monoisotopic (exact) mass is 440 g/mol. The van der Waals surface area contributed by atoms with Gasteiger partial charge in [0.1, 0.15) is 6.04 Å². The SMILES string of the molecule is C.COCCCNCc1ccc(C#Cc2ccc(C(=O)N[C@@H](CN)C(=O)NO)cc2)cc1. The summed E-state index contributed by atoms with van der Waals surface area (Å²) in [6.45, 7) is 2.32. The molecule has 0 aliphatic carbocycles. The molecule has 8 nitrogen and oxygen atoms in total. The van der Waals surface area contributed by atoms with Crippen molar-refractivity contribution in [2.75, 3.05) is 26.8 Å². The van der Waals surface area contributed by atoms with Crippen molar-refractivity contribution < 1.29 is 19.5 Å². The van der Waals surface area contributed by atoms with Crippen LogP contribution in [0.2, 0.25) is 0 Å². The molecule has 1 atom stereocenters. The number of benzene rings is 2. The smallest absolute Gasteiger partial charge is 0.267 e. The maximum Gasteiger partial charge on any atom is 0.267 e. The zero-order valence-electron chi connectivity index (χ0n) is 17.5. The van der Waals surface area contributed by atoms with Crippen LogP contribution in [0.5, 0.6) is 0 Å². The van der Waals surface area contributed by atoms with Gasteiger partial charge < -0.3 is 21.1 Å². The average molecular weight is 441 g/mol. The van der Waals surface area contributed by atoms with Crippen LogP contribution in [-0.4, -0.2) is 49.9 Å². The van der Waals surface area contributed by atoms with Gasteiger partial charge in [-0.1, -0.05) is 31.4 Å². The maximum absolute atomic E-state index is 12.2. The van der Waals surface area contributed by atoms with Gasteiger partial charge >= 0.3 is 0 Å². The summed E-state index contributed by atoms with van der Waals surface area (Å²) in [6, 6.07) is 13.7. The number of hydrogen-bond acceptors (Lipinski definition) is 6. The zero-order chi connectivity index (χ0) is 22.5. The van der Waals surface area contributed by atoms with Gasteiger partial charge in [-0.3, -0.25) is 14.8 Å². The van der Waals surface area contributed by atoms with E-state index in [9.17, 15) is 9.59 Å². The summed E-state index contributed by atoms with van der Waals surface area (Å²) < 4.78 is 5.02. The third-order valence-corrected chi connectivity index (χ3v) is 4.45. The molecule has 0 spiro atoms. The number of nitrogens with one attached hydrogen (secondary N) is 3. The molecule has 2 rings (SSSR count). The Hall–Kier alpha value is -3.22. The number of methoxy groups -OCH3 is 1. The molecule has 0 unspecified atom stereocenters. The lowest BCUT2D eigenvalue weighted by atomic mass is 10.1. The van der Waals surface area contributed by atoms with Crippen LogP contribution in [0, 0.1) is 11.8 Å². The molecule has 2 amide bonds. The highest BCUT2D eigenvalue weighted by Gasteiger charge is 2.19. The first-order chi connectivity index (χ1) is 15.1. The lowest BCUT2D eigenvalue weighted by Crippen LogP contribution is -2.50. The van der Waals surface area contributed by atoms with E-state index in [1.54, 1.807) is 31.4 Å². The Bertz CT molecular complexity index is 902. The summed E-state index contributed by atoms with van der Waals surface area (Å²) >= 11 is 0. The first kappa shape index (κ1) is 26.8. The lowest BCUT2D eigenvalue weighted by Gasteiger charge is -2.14. The molecule has 0 aliphatic heterocycles. The van der Waals surface area contributed by atoms with Crippen molar-refractivity contribution in [2.24, 2.45) is 5.73 Å². The van der Waals surface area contributed by atoms with Crippen molar-refractivity contribution in [1.29, 1.82) is 0 Å². The van der Waals surface area contributed by atoms with Gasteiger partial charge in [-0.15, -0.1) is 0 Å². The lowest BCUT2D eigenvalue weighted by molar-refractivity contribution is -0.130. The molecule has 6 N–H and O–H groups in total. The average Bonchev–Trinajstić information content (AvgIpc) is 2.81. The van der Waals surface area contributed by atoms with Crippen molar-refractivity contribution in [2.45, 2.75) is 26.4 Å². The van der Waals surface area contributed by atoms with E-state index in [0.29, 0.717) is 5.56 Å². The van der Waals surface area contributed by atoms with Crippen LogP contribution >= 0.6 is 0 Å². The van der Waals surface area contributed by atoms with Gasteiger partial charge in [0.15, 0.2) is 0 Å². The standard InChI is InChI=1S/C23H28N4O4.CH4/c1-31-14-2-13-25-16-19-7-5-17(6-8-19)3-4-18-9-11-20(12-10-18)22(28)26-21(15-24)23(29)27-30;/h5-12,21,25,30H,2,13-16,24H2,1H3,(H,26,28)(H,27,29);1H4/t21-;/m0./s1. The Morgan fingerprint density at radius 3 is 2.19 bits per heavy atom. The van der Waals surface area contributed by atoms with Crippen molar-refractivity contribution in [3.63, 3.8) is 0 Å². The summed E-state index contributed by atoms with van der Waals surface area (Å²) in [4.78, 5) is 23.6. The Morgan fingerprint density at radius 2 is 1.66 bits per heavy atom. The van der Waals surface area contributed by atoms with Crippen LogP contribution in [0.15, 0.2) is 48.5 Å². The van der Waals surface area contributed by atoms with E-state index in [2.05, 4.69) is 22.5 Å². The summed E-state index contributed by atoms with van der Waals surface area (Å²) in [5.74, 6) is 4.92. The number of hydrogen-bond donors (Lipinski definition) is 5. The highest BCUT2D eigenvalue weighted by atomic mass is 16.5. The quantitative estimate of drug-likeness (QED) is 0.165. The fourth-order valence-electron chi connectivity index (χ4n) is 2.68. The molecule has 172 valence electrons. The predicted octanol–water partition coefficient (Wildman–Crippen LogP) is 1.41. The third kappa shape index (κ3) is 8.88. The van der Waals surface area contributed by atoms with Gasteiger partial charge in [0, 0.05) is 43.5 Å². The molecule has 0 heterocycles. The van der Waals surface area contributed by atoms with Crippen LogP contribution in [0.4, 0.5) is 0 Å². The Kier molecular flexibility index (Phi) is 12.3. The first-order valence-corrected chi connectivity index (χ1v) is 9.93. The van der Waals surface area contributed by atoms with E-state index in [1.807, 2.05) is 24.3 Å². The number of hydroxylamine groups is 1. The van der Waals surface area contributed by atoms with E-state index in [-0.39, 0.29) is 14.0 Å². The van der Waals surface area contributed by atoms with Crippen LogP contribution in [0.25, 0.3) is 0 Å². The molecule has 0 aliphatic rings. The first-order valence-electron chi connectivity index (χ1n) is 9.93. The molecular formula is C24H32N4O4. The van der Waals surface area contributed by atoms with Crippen LogP contribution in [-0.2, 0) is 16.1 Å². The normalized spacial score (nSPS) is 10.8. The molecule has 0 aromatic heterocycles. The summed E-state index contributed by atoms with van der Waals surface area (Å²) in [5, 5.41) is 14.5. The molecule has 0 saturated heterocycles. The van der Waals surface area contributed by atoms with E-state index < -0.39 is 17.9 Å². The van der Waals surface area contributed by atoms with Crippen molar-refractivity contribution >= 4 is 11.8 Å². The second-order valence-electron chi connectivity index (χ2n) is 6.79. The second kappa shape index (κ2) is 14.7. The fraction of sp³-hybridized carbons (Fsp3) is 0.333. The van der Waals surface area contributed by atoms with Gasteiger partial charge in [0.2, 0.25) is 0 Å². The number of ether oxygens (including phenoxy) is 1. The molecule has 2 aromatic carbocycles. The highest BCUT2D eigenvalue weighted by molar-refractivity contribution is 5.97. The van der Waals surface area contributed by atoms with Gasteiger partial charge in [0.25, 0.3) is 11.8 Å². The molecule has 0 radical (unpaired) electrons. The second-order valence-corrected chi connectivity index (χ2v) is 6.79. The van der Waals surface area contributed by atoms with Crippen molar-refractivity contribution in [3.8, 4) is 11.8 Å². The summed E-state index contributed by atoms with van der Waals surface area (Å²) in [6.07, 6.45) is 0.978. The molecule has 0 fully saturated rings. The zero-order valence-corrected chi connectivity index (χ0v) is 17.5. The number of rotatable bonds is 10. The maximum atomic E-state index is 12.2. The topological polar surface area (TPSA) is 126 Å². The van der Waals surface area contributed by atoms with Crippen LogP contribution < -0.4 is 21.8 Å². The van der Waals surface area contributed by atoms with E-state index in [4.69, 9.17) is 15.7 Å². The van der Waals surface area contributed by atoms with Crippen LogP contribution in [0.3, 0.4) is 0 Å². The van der Waals surface area contributed by atoms with E-state index >= 15 is 0 Å². The molecular weight excluding hydrogens is 408 g/mol. The van der Waals surface area contributed by atoms with E-state index in [1.165, 1.54) is 11.0 Å². The molecule has 2 aromatic rings. The predicted molar refractivity (Wildman–Crippen MR) is 124 cm³/mol. The third-order valence-electron chi connectivity index (χ3n) is 4.45. The number of carbonyl (C=O) groups is 2. The molecule has 8 heteroatoms. The summed E-state index contributed by atoms with van der Waals surface area (Å²) in [7, 11) is 1.70. The van der Waals surface area contributed by atoms with Gasteiger partial charge in [-0.2, -0.15) is 0 Å². The number of amides is 2. The van der Waals surface area contributed by atoms with Gasteiger partial charge in [-0.05, 0) is 54.9 Å². The largest absolute Gasteiger partial charge is 0.385 e. The Morgan fingerprint density at radius 1 is 1.06 bits per heavy atom. The highest BCUT2D eigenvalue weighted by Crippen LogP contribution is 2.06. The van der Waals surface area contributed by atoms with Crippen molar-refractivity contribution in [3.05, 3.63) is 70.8 Å². The minimum atomic E-state index is -1.01. The van der Waals surface area contributed by atoms with E-state index in [0.717, 1.165) is 37.2 Å². The summed E-state index contributed by atoms with van der Waals surface area (Å²) in [5.41, 5.74) is 10.1. The molecule has 0 bridgehead atoms. The van der Waals surface area contributed by atoms with Crippen molar-refractivity contribution in [1.82, 2.24) is 16.1 Å². The molecule has 0 saturated carbocycles. The Labute approximate surface area is 189 Å². The minimum absolute atomic E-state index is 0.